The van der Waals surface area contributed by atoms with Gasteiger partial charge >= 0.3 is 5.97 Å². The van der Waals surface area contributed by atoms with E-state index in [2.05, 4.69) is 21.8 Å². The Morgan fingerprint density at radius 3 is 2.75 bits per heavy atom. The zero-order chi connectivity index (χ0) is 14.5. The zero-order valence-electron chi connectivity index (χ0n) is 12.1. The summed E-state index contributed by atoms with van der Waals surface area (Å²) in [6.07, 6.45) is 6.10. The number of anilines is 1. The van der Waals surface area contributed by atoms with E-state index in [9.17, 15) is 4.79 Å². The van der Waals surface area contributed by atoms with Crippen LogP contribution in [0.4, 0.5) is 5.95 Å². The van der Waals surface area contributed by atoms with Gasteiger partial charge in [-0.05, 0) is 18.9 Å². The summed E-state index contributed by atoms with van der Waals surface area (Å²) in [6, 6.07) is 0. The van der Waals surface area contributed by atoms with Gasteiger partial charge in [0.1, 0.15) is 6.54 Å². The standard InChI is InChI=1S/C14H22N4O2/c1-3-11-4-5-18(8-11)9-12-6-15-14(16-7-12)17(2)10-13(19)20/h6-7,11H,3-5,8-10H2,1-2H3,(H,19,20). The van der Waals surface area contributed by atoms with Crippen LogP contribution in [0.25, 0.3) is 0 Å². The molecule has 0 spiro atoms. The molecule has 1 aliphatic rings. The molecule has 0 radical (unpaired) electrons. The van der Waals surface area contributed by atoms with E-state index in [0.29, 0.717) is 5.95 Å². The fraction of sp³-hybridized carbons (Fsp3) is 0.643. The van der Waals surface area contributed by atoms with Crippen LogP contribution in [0.15, 0.2) is 12.4 Å². The van der Waals surface area contributed by atoms with Gasteiger partial charge in [0.25, 0.3) is 0 Å². The van der Waals surface area contributed by atoms with Gasteiger partial charge in [-0.1, -0.05) is 13.3 Å². The van der Waals surface area contributed by atoms with E-state index in [1.54, 1.807) is 19.4 Å². The van der Waals surface area contributed by atoms with Crippen molar-refractivity contribution >= 4 is 11.9 Å². The van der Waals surface area contributed by atoms with Gasteiger partial charge in [0.2, 0.25) is 5.95 Å². The van der Waals surface area contributed by atoms with E-state index in [-0.39, 0.29) is 6.54 Å². The van der Waals surface area contributed by atoms with Crippen LogP contribution in [0.1, 0.15) is 25.3 Å². The Kier molecular flexibility index (Phi) is 4.89. The first-order valence-electron chi connectivity index (χ1n) is 7.04. The molecule has 6 nitrogen and oxygen atoms in total. The van der Waals surface area contributed by atoms with Crippen LogP contribution >= 0.6 is 0 Å². The van der Waals surface area contributed by atoms with Crippen molar-refractivity contribution in [1.29, 1.82) is 0 Å². The van der Waals surface area contributed by atoms with Crippen molar-refractivity contribution in [2.75, 3.05) is 31.6 Å². The molecule has 2 heterocycles. The molecule has 1 aliphatic heterocycles. The van der Waals surface area contributed by atoms with E-state index < -0.39 is 5.97 Å². The summed E-state index contributed by atoms with van der Waals surface area (Å²) in [6.45, 7) is 5.31. The van der Waals surface area contributed by atoms with E-state index in [4.69, 9.17) is 5.11 Å². The second kappa shape index (κ2) is 6.65. The minimum atomic E-state index is -0.886. The van der Waals surface area contributed by atoms with E-state index in [1.807, 2.05) is 0 Å². The largest absolute Gasteiger partial charge is 0.480 e. The quantitative estimate of drug-likeness (QED) is 0.844. The lowest BCUT2D eigenvalue weighted by Gasteiger charge is -2.17. The molecule has 20 heavy (non-hydrogen) atoms. The molecule has 0 aromatic carbocycles. The van der Waals surface area contributed by atoms with Crippen LogP contribution in [0, 0.1) is 5.92 Å². The Morgan fingerprint density at radius 1 is 1.50 bits per heavy atom. The first kappa shape index (κ1) is 14.7. The van der Waals surface area contributed by atoms with Crippen molar-refractivity contribution in [2.45, 2.75) is 26.3 Å². The average molecular weight is 278 g/mol. The third-order valence-corrected chi connectivity index (χ3v) is 3.76. The Bertz CT molecular complexity index is 449. The normalized spacial score (nSPS) is 19.2. The van der Waals surface area contributed by atoms with Crippen LogP contribution in [-0.2, 0) is 11.3 Å². The Balaban J connectivity index is 1.90. The smallest absolute Gasteiger partial charge is 0.323 e. The summed E-state index contributed by atoms with van der Waals surface area (Å²) in [5, 5.41) is 8.73. The molecule has 110 valence electrons. The molecule has 1 atom stereocenters. The van der Waals surface area contributed by atoms with Gasteiger partial charge in [0.15, 0.2) is 0 Å². The van der Waals surface area contributed by atoms with Crippen LogP contribution in [0.5, 0.6) is 0 Å². The number of aromatic nitrogens is 2. The Morgan fingerprint density at radius 2 is 2.20 bits per heavy atom. The fourth-order valence-electron chi connectivity index (χ4n) is 2.55. The molecule has 2 rings (SSSR count). The summed E-state index contributed by atoms with van der Waals surface area (Å²) in [5.41, 5.74) is 1.08. The summed E-state index contributed by atoms with van der Waals surface area (Å²) in [4.78, 5) is 23.1. The molecule has 1 saturated heterocycles. The molecular weight excluding hydrogens is 256 g/mol. The number of aliphatic carboxylic acids is 1. The maximum atomic E-state index is 10.6. The van der Waals surface area contributed by atoms with Crippen LogP contribution in [0.2, 0.25) is 0 Å². The SMILES string of the molecule is CCC1CCN(Cc2cnc(N(C)CC(=O)O)nc2)C1. The van der Waals surface area contributed by atoms with Crippen molar-refractivity contribution in [2.24, 2.45) is 5.92 Å². The second-order valence-corrected chi connectivity index (χ2v) is 5.44. The van der Waals surface area contributed by atoms with Gasteiger partial charge in [-0.3, -0.25) is 9.69 Å². The summed E-state index contributed by atoms with van der Waals surface area (Å²) < 4.78 is 0. The lowest BCUT2D eigenvalue weighted by Crippen LogP contribution is -2.27. The third kappa shape index (κ3) is 3.90. The number of hydrogen-bond donors (Lipinski definition) is 1. The minimum absolute atomic E-state index is 0.0936. The molecule has 6 heteroatoms. The molecule has 1 N–H and O–H groups in total. The van der Waals surface area contributed by atoms with Crippen molar-refractivity contribution in [3.63, 3.8) is 0 Å². The zero-order valence-corrected chi connectivity index (χ0v) is 12.1. The number of likely N-dealkylation sites (tertiary alicyclic amines) is 1. The first-order chi connectivity index (χ1) is 9.58. The molecule has 1 aromatic heterocycles. The fourth-order valence-corrected chi connectivity index (χ4v) is 2.55. The highest BCUT2D eigenvalue weighted by Crippen LogP contribution is 2.20. The Labute approximate surface area is 119 Å². The molecule has 0 bridgehead atoms. The van der Waals surface area contributed by atoms with Gasteiger partial charge in [-0.2, -0.15) is 0 Å². The van der Waals surface area contributed by atoms with Crippen molar-refractivity contribution in [3.8, 4) is 0 Å². The molecule has 0 amide bonds. The maximum absolute atomic E-state index is 10.6. The number of carboxylic acid groups (broad SMARTS) is 1. The third-order valence-electron chi connectivity index (χ3n) is 3.76. The molecule has 0 aliphatic carbocycles. The number of nitrogens with zero attached hydrogens (tertiary/aromatic N) is 4. The summed E-state index contributed by atoms with van der Waals surface area (Å²) >= 11 is 0. The number of carbonyl (C=O) groups is 1. The van der Waals surface area contributed by atoms with Crippen molar-refractivity contribution in [1.82, 2.24) is 14.9 Å². The van der Waals surface area contributed by atoms with E-state index in [0.717, 1.165) is 31.1 Å². The number of carboxylic acids is 1. The number of hydrogen-bond acceptors (Lipinski definition) is 5. The predicted octanol–water partition coefficient (Wildman–Crippen LogP) is 1.23. The number of likely N-dealkylation sites (N-methyl/N-ethyl adjacent to an activating group) is 1. The summed E-state index contributed by atoms with van der Waals surface area (Å²) in [7, 11) is 1.68. The summed E-state index contributed by atoms with van der Waals surface area (Å²) in [5.74, 6) is 0.378. The van der Waals surface area contributed by atoms with Gasteiger partial charge in [-0.25, -0.2) is 9.97 Å². The highest BCUT2D eigenvalue weighted by molar-refractivity contribution is 5.72. The molecule has 0 saturated carbocycles. The lowest BCUT2D eigenvalue weighted by molar-refractivity contribution is -0.135. The maximum Gasteiger partial charge on any atom is 0.323 e. The van der Waals surface area contributed by atoms with Crippen molar-refractivity contribution < 1.29 is 9.90 Å². The van der Waals surface area contributed by atoms with Crippen LogP contribution < -0.4 is 4.90 Å². The average Bonchev–Trinajstić information content (AvgIpc) is 2.86. The minimum Gasteiger partial charge on any atom is -0.480 e. The van der Waals surface area contributed by atoms with Crippen molar-refractivity contribution in [3.05, 3.63) is 18.0 Å². The second-order valence-electron chi connectivity index (χ2n) is 5.44. The molecule has 1 unspecified atom stereocenters. The lowest BCUT2D eigenvalue weighted by atomic mass is 10.1. The highest BCUT2D eigenvalue weighted by atomic mass is 16.4. The van der Waals surface area contributed by atoms with Crippen LogP contribution in [-0.4, -0.2) is 52.6 Å². The molecule has 1 aromatic rings. The monoisotopic (exact) mass is 278 g/mol. The first-order valence-corrected chi connectivity index (χ1v) is 7.04. The predicted molar refractivity (Wildman–Crippen MR) is 76.6 cm³/mol. The van der Waals surface area contributed by atoms with Gasteiger partial charge in [0.05, 0.1) is 0 Å². The molecular formula is C14H22N4O2. The van der Waals surface area contributed by atoms with Crippen LogP contribution in [0.3, 0.4) is 0 Å². The van der Waals surface area contributed by atoms with Gasteiger partial charge < -0.3 is 10.0 Å². The number of rotatable bonds is 6. The Hall–Kier alpha value is -1.69. The van der Waals surface area contributed by atoms with E-state index in [1.165, 1.54) is 17.7 Å². The van der Waals surface area contributed by atoms with Gasteiger partial charge in [-0.15, -0.1) is 0 Å². The van der Waals surface area contributed by atoms with E-state index >= 15 is 0 Å². The topological polar surface area (TPSA) is 69.6 Å². The van der Waals surface area contributed by atoms with Gasteiger partial charge in [0, 0.05) is 38.1 Å². The highest BCUT2D eigenvalue weighted by Gasteiger charge is 2.20. The molecule has 1 fully saturated rings.